The number of halogens is 4. The van der Waals surface area contributed by atoms with E-state index >= 15 is 4.39 Å². The average Bonchev–Trinajstić information content (AvgIpc) is 3.26. The molecule has 2 atom stereocenters. The van der Waals surface area contributed by atoms with Crippen molar-refractivity contribution in [2.45, 2.75) is 46.7 Å². The molecule has 4 rings (SSSR count). The molecule has 8 nitrogen and oxygen atoms in total. The van der Waals surface area contributed by atoms with Crippen molar-refractivity contribution in [3.05, 3.63) is 69.9 Å². The number of aryl methyl sites for hydroxylation is 1. The molecule has 0 aliphatic carbocycles. The molecule has 0 radical (unpaired) electrons. The first-order chi connectivity index (χ1) is 18.4. The molecule has 204 valence electrons. The molecule has 0 aliphatic heterocycles. The Balaban J connectivity index is 1.87. The van der Waals surface area contributed by atoms with Crippen molar-refractivity contribution < 1.29 is 13.2 Å². The van der Waals surface area contributed by atoms with Crippen LogP contribution in [0.2, 0.25) is 5.02 Å². The summed E-state index contributed by atoms with van der Waals surface area (Å²) in [6, 6.07) is 6.30. The molecule has 4 aromatic rings. The van der Waals surface area contributed by atoms with Gasteiger partial charge >= 0.3 is 0 Å². The van der Waals surface area contributed by atoms with Crippen LogP contribution in [0.25, 0.3) is 10.9 Å². The maximum atomic E-state index is 15.5. The molecular formula is C27H28ClF3N8. The third kappa shape index (κ3) is 5.91. The summed E-state index contributed by atoms with van der Waals surface area (Å²) in [5.74, 6) is -1.53. The van der Waals surface area contributed by atoms with E-state index in [4.69, 9.17) is 11.6 Å². The fraction of sp³-hybridized carbons (Fsp3) is 0.370. The number of fused-ring (bicyclic) bond motifs is 1. The minimum Gasteiger partial charge on any atom is -0.383 e. The predicted octanol–water partition coefficient (Wildman–Crippen LogP) is 6.52. The standard InChI is InChI=1S/C27H28ClF3N8/c1-14(10-29)39-26(31)25(37-38-39)24(18-6-7-21(30)35-15(18)2)36-17-8-19-22(34-13-27(3,4)5)16(11-32)12-33-23(19)20(28)9-17/h6-9,12,14,24,36H,10,13H2,1-5H3,(H,33,34)/t14?,24-/m0/s1. The second-order valence-corrected chi connectivity index (χ2v) is 10.9. The van der Waals surface area contributed by atoms with Gasteiger partial charge in [-0.1, -0.05) is 43.7 Å². The SMILES string of the molecule is Cc1nc(F)ccc1[C@H](Nc1cc(Cl)c2ncc(C#N)c(NCC(C)(C)C)c2c1)c1nnn(C(C)CF)c1F. The van der Waals surface area contributed by atoms with Crippen LogP contribution in [0.5, 0.6) is 0 Å². The van der Waals surface area contributed by atoms with Crippen molar-refractivity contribution in [3.8, 4) is 6.07 Å². The molecule has 0 spiro atoms. The van der Waals surface area contributed by atoms with Crippen LogP contribution < -0.4 is 10.6 Å². The third-order valence-corrected chi connectivity index (χ3v) is 6.42. The number of benzene rings is 1. The normalized spacial score (nSPS) is 13.2. The Morgan fingerprint density at radius 2 is 1.95 bits per heavy atom. The highest BCUT2D eigenvalue weighted by atomic mass is 35.5. The van der Waals surface area contributed by atoms with Crippen molar-refractivity contribution in [3.63, 3.8) is 0 Å². The number of nitriles is 1. The largest absolute Gasteiger partial charge is 0.383 e. The van der Waals surface area contributed by atoms with Crippen molar-refractivity contribution >= 4 is 33.9 Å². The lowest BCUT2D eigenvalue weighted by Crippen LogP contribution is -2.20. The molecule has 1 aromatic carbocycles. The molecule has 12 heteroatoms. The van der Waals surface area contributed by atoms with Gasteiger partial charge in [-0.05, 0) is 37.5 Å². The van der Waals surface area contributed by atoms with Crippen molar-refractivity contribution in [1.29, 1.82) is 5.26 Å². The summed E-state index contributed by atoms with van der Waals surface area (Å²) in [6.07, 6.45) is 1.46. The van der Waals surface area contributed by atoms with Crippen LogP contribution in [0.1, 0.15) is 62.3 Å². The van der Waals surface area contributed by atoms with Gasteiger partial charge in [-0.15, -0.1) is 5.10 Å². The summed E-state index contributed by atoms with van der Waals surface area (Å²) in [5, 5.41) is 25.0. The Hall–Kier alpha value is -3.91. The Morgan fingerprint density at radius 1 is 1.21 bits per heavy atom. The third-order valence-electron chi connectivity index (χ3n) is 6.13. The molecule has 39 heavy (non-hydrogen) atoms. The van der Waals surface area contributed by atoms with E-state index in [1.165, 1.54) is 19.2 Å². The van der Waals surface area contributed by atoms with Gasteiger partial charge in [0.05, 0.1) is 27.8 Å². The highest BCUT2D eigenvalue weighted by Crippen LogP contribution is 2.36. The van der Waals surface area contributed by atoms with Crippen LogP contribution in [-0.4, -0.2) is 38.2 Å². The van der Waals surface area contributed by atoms with E-state index in [9.17, 15) is 14.0 Å². The minimum absolute atomic E-state index is 0.0831. The number of nitrogens with one attached hydrogen (secondary N) is 2. The predicted molar refractivity (Wildman–Crippen MR) is 144 cm³/mol. The zero-order valence-electron chi connectivity index (χ0n) is 22.2. The van der Waals surface area contributed by atoms with Crippen LogP contribution in [0.15, 0.2) is 30.5 Å². The van der Waals surface area contributed by atoms with Crippen molar-refractivity contribution in [2.24, 2.45) is 5.41 Å². The number of pyridine rings is 2. The van der Waals surface area contributed by atoms with Gasteiger partial charge < -0.3 is 10.6 Å². The van der Waals surface area contributed by atoms with Gasteiger partial charge in [0, 0.05) is 35.1 Å². The molecule has 0 aliphatic rings. The van der Waals surface area contributed by atoms with Crippen LogP contribution in [-0.2, 0) is 0 Å². The highest BCUT2D eigenvalue weighted by molar-refractivity contribution is 6.35. The maximum Gasteiger partial charge on any atom is 0.237 e. The topological polar surface area (TPSA) is 104 Å². The molecule has 3 heterocycles. The molecule has 2 N–H and O–H groups in total. The highest BCUT2D eigenvalue weighted by Gasteiger charge is 2.28. The Labute approximate surface area is 229 Å². The zero-order chi connectivity index (χ0) is 28.5. The van der Waals surface area contributed by atoms with Crippen molar-refractivity contribution in [1.82, 2.24) is 25.0 Å². The Bertz CT molecular complexity index is 1560. The Morgan fingerprint density at radius 3 is 2.59 bits per heavy atom. The first-order valence-corrected chi connectivity index (χ1v) is 12.6. The maximum absolute atomic E-state index is 15.5. The smallest absolute Gasteiger partial charge is 0.237 e. The van der Waals surface area contributed by atoms with E-state index in [2.05, 4.69) is 57.8 Å². The number of aromatic nitrogens is 5. The lowest BCUT2D eigenvalue weighted by atomic mass is 9.96. The molecular weight excluding hydrogens is 529 g/mol. The van der Waals surface area contributed by atoms with E-state index in [0.717, 1.165) is 10.7 Å². The molecule has 0 saturated carbocycles. The monoisotopic (exact) mass is 556 g/mol. The summed E-state index contributed by atoms with van der Waals surface area (Å²) < 4.78 is 43.5. The summed E-state index contributed by atoms with van der Waals surface area (Å²) in [5.41, 5.74) is 2.34. The number of nitrogens with zero attached hydrogens (tertiary/aromatic N) is 6. The van der Waals surface area contributed by atoms with Gasteiger partial charge in [0.2, 0.25) is 11.9 Å². The molecule has 1 unspecified atom stereocenters. The zero-order valence-corrected chi connectivity index (χ0v) is 22.9. The average molecular weight is 557 g/mol. The second-order valence-electron chi connectivity index (χ2n) is 10.5. The van der Waals surface area contributed by atoms with E-state index in [1.807, 2.05) is 0 Å². The van der Waals surface area contributed by atoms with Crippen molar-refractivity contribution in [2.75, 3.05) is 23.9 Å². The molecule has 0 amide bonds. The summed E-state index contributed by atoms with van der Waals surface area (Å²) in [6.45, 7) is 8.97. The molecule has 3 aromatic heterocycles. The quantitative estimate of drug-likeness (QED) is 0.238. The van der Waals surface area contributed by atoms with Crippen LogP contribution >= 0.6 is 11.6 Å². The van der Waals surface area contributed by atoms with Crippen LogP contribution in [0.4, 0.5) is 24.5 Å². The molecule has 0 bridgehead atoms. The van der Waals surface area contributed by atoms with E-state index < -0.39 is 30.7 Å². The minimum atomic E-state index is -0.981. The van der Waals surface area contributed by atoms with Gasteiger partial charge in [-0.3, -0.25) is 4.98 Å². The fourth-order valence-corrected chi connectivity index (χ4v) is 4.36. The fourth-order valence-electron chi connectivity index (χ4n) is 4.10. The second kappa shape index (κ2) is 11.1. The van der Waals surface area contributed by atoms with E-state index in [-0.39, 0.29) is 11.1 Å². The molecule has 0 fully saturated rings. The van der Waals surface area contributed by atoms with Gasteiger partial charge in [0.15, 0.2) is 0 Å². The summed E-state index contributed by atoms with van der Waals surface area (Å²) in [7, 11) is 0. The van der Waals surface area contributed by atoms with E-state index in [1.54, 1.807) is 19.1 Å². The van der Waals surface area contributed by atoms with E-state index in [0.29, 0.717) is 50.7 Å². The van der Waals surface area contributed by atoms with Gasteiger partial charge in [-0.2, -0.15) is 14.0 Å². The number of rotatable bonds is 8. The lowest BCUT2D eigenvalue weighted by Gasteiger charge is -2.23. The first-order valence-electron chi connectivity index (χ1n) is 12.3. The first kappa shape index (κ1) is 28.1. The number of alkyl halides is 1. The number of hydrogen-bond acceptors (Lipinski definition) is 7. The van der Waals surface area contributed by atoms with Crippen LogP contribution in [0.3, 0.4) is 0 Å². The van der Waals surface area contributed by atoms with Gasteiger partial charge in [0.1, 0.15) is 24.5 Å². The number of anilines is 2. The summed E-state index contributed by atoms with van der Waals surface area (Å²) in [4.78, 5) is 8.24. The number of hydrogen-bond donors (Lipinski definition) is 2. The van der Waals surface area contributed by atoms with Gasteiger partial charge in [0.25, 0.3) is 0 Å². The van der Waals surface area contributed by atoms with Crippen LogP contribution in [0, 0.1) is 35.6 Å². The molecule has 0 saturated heterocycles. The summed E-state index contributed by atoms with van der Waals surface area (Å²) >= 11 is 6.62. The Kier molecular flexibility index (Phi) is 7.97. The van der Waals surface area contributed by atoms with Gasteiger partial charge in [-0.25, -0.2) is 14.1 Å². The lowest BCUT2D eigenvalue weighted by molar-refractivity contribution is 0.314.